The van der Waals surface area contributed by atoms with E-state index in [0.29, 0.717) is 46.4 Å². The summed E-state index contributed by atoms with van der Waals surface area (Å²) in [7, 11) is 0. The van der Waals surface area contributed by atoms with Gasteiger partial charge in [-0.2, -0.15) is 0 Å². The second-order valence-electron chi connectivity index (χ2n) is 11.4. The summed E-state index contributed by atoms with van der Waals surface area (Å²) < 4.78 is 18.2. The molecule has 4 heterocycles. The van der Waals surface area contributed by atoms with Gasteiger partial charge in [0.25, 0.3) is 0 Å². The van der Waals surface area contributed by atoms with Crippen molar-refractivity contribution in [3.05, 3.63) is 93.0 Å². The second kappa shape index (κ2) is 9.02. The number of benzene rings is 3. The number of anilines is 1. The Labute approximate surface area is 246 Å². The van der Waals surface area contributed by atoms with Gasteiger partial charge in [0, 0.05) is 52.8 Å². The zero-order valence-corrected chi connectivity index (χ0v) is 22.7. The number of nitrogens with one attached hydrogen (secondary N) is 1. The molecule has 1 saturated carbocycles. The van der Waals surface area contributed by atoms with Gasteiger partial charge in [0.05, 0.1) is 16.1 Å². The zero-order chi connectivity index (χ0) is 27.5. The highest BCUT2D eigenvalue weighted by Crippen LogP contribution is 2.65. The van der Waals surface area contributed by atoms with E-state index in [2.05, 4.69) is 14.8 Å². The summed E-state index contributed by atoms with van der Waals surface area (Å²) in [5.74, 6) is -0.953. The molecule has 1 spiro atoms. The number of carbonyl (C=O) groups is 2. The quantitative estimate of drug-likeness (QED) is 0.302. The molecule has 0 bridgehead atoms. The lowest BCUT2D eigenvalue weighted by Gasteiger charge is -2.40. The maximum Gasteiger partial charge on any atom is 0.250 e. The lowest BCUT2D eigenvalue weighted by atomic mass is 9.71. The highest BCUT2D eigenvalue weighted by atomic mass is 35.5. The molecular formula is C31H28Cl2FN5O2. The van der Waals surface area contributed by atoms with Crippen LogP contribution in [0.5, 0.6) is 0 Å². The number of likely N-dealkylation sites (tertiary alicyclic amines) is 1. The molecule has 210 valence electrons. The molecule has 1 saturated heterocycles. The van der Waals surface area contributed by atoms with E-state index in [9.17, 15) is 9.59 Å². The van der Waals surface area contributed by atoms with Crippen molar-refractivity contribution in [1.29, 1.82) is 0 Å². The monoisotopic (exact) mass is 591 g/mol. The highest BCUT2D eigenvalue weighted by molar-refractivity contribution is 6.31. The van der Waals surface area contributed by atoms with Crippen LogP contribution in [0.25, 0.3) is 11.0 Å². The number of rotatable bonds is 4. The highest BCUT2D eigenvalue weighted by Gasteiger charge is 2.69. The van der Waals surface area contributed by atoms with Gasteiger partial charge >= 0.3 is 0 Å². The Morgan fingerprint density at radius 3 is 2.71 bits per heavy atom. The van der Waals surface area contributed by atoms with Crippen LogP contribution in [0, 0.1) is 11.7 Å². The number of fused-ring (bicyclic) bond motifs is 7. The fraction of sp³-hybridized carbons (Fsp3) is 0.323. The first-order valence-corrected chi connectivity index (χ1v) is 14.2. The SMILES string of the molecule is C.NC(=O)c1ccc2c(c1)nc1n2C[C@H]2[C@@H]1[C@H](c1cccc(Cl)c1F)[C@]1(C(=O)Nc3cc(Cl)ccc31)N2CC1CC1. The van der Waals surface area contributed by atoms with Crippen molar-refractivity contribution in [2.45, 2.75) is 50.2 Å². The van der Waals surface area contributed by atoms with Gasteiger partial charge in [-0.25, -0.2) is 9.37 Å². The summed E-state index contributed by atoms with van der Waals surface area (Å²) >= 11 is 12.7. The number of halogens is 3. The van der Waals surface area contributed by atoms with Crippen LogP contribution < -0.4 is 11.1 Å². The van der Waals surface area contributed by atoms with Crippen LogP contribution >= 0.6 is 23.2 Å². The third-order valence-electron chi connectivity index (χ3n) is 9.26. The molecular weight excluding hydrogens is 564 g/mol. The van der Waals surface area contributed by atoms with Crippen molar-refractivity contribution in [3.63, 3.8) is 0 Å². The number of nitrogens with zero attached hydrogens (tertiary/aromatic N) is 3. The number of aromatic nitrogens is 2. The van der Waals surface area contributed by atoms with Crippen LogP contribution in [0.15, 0.2) is 54.6 Å². The topological polar surface area (TPSA) is 93.2 Å². The minimum atomic E-state index is -1.18. The smallest absolute Gasteiger partial charge is 0.250 e. The van der Waals surface area contributed by atoms with Crippen molar-refractivity contribution < 1.29 is 14.0 Å². The Kier molecular flexibility index (Phi) is 5.82. The van der Waals surface area contributed by atoms with Crippen LogP contribution in [0.2, 0.25) is 10.0 Å². The van der Waals surface area contributed by atoms with E-state index in [1.54, 1.807) is 36.4 Å². The average Bonchev–Trinajstić information content (AvgIpc) is 3.37. The molecule has 4 aromatic rings. The largest absolute Gasteiger partial charge is 0.366 e. The molecule has 0 unspecified atom stereocenters. The molecule has 4 aliphatic rings. The van der Waals surface area contributed by atoms with Crippen LogP contribution in [-0.2, 0) is 16.9 Å². The lowest BCUT2D eigenvalue weighted by molar-refractivity contribution is -0.128. The summed E-state index contributed by atoms with van der Waals surface area (Å²) in [5.41, 5.74) is 8.09. The standard InChI is InChI=1S/C30H24Cl2FN5O2.CH4/c31-16-7-8-18-20(11-16)36-29(40)30(18)25(17-2-1-3-19(32)26(17)33)24-23(38(30)12-14-4-5-14)13-37-22-9-6-15(27(34)39)10-21(22)35-28(24)37;/h1-3,6-11,14,23-25H,4-5,12-13H2,(H2,34,39)(H,36,40);1H4/t23-,24+,25-,30+;/m0./s1. The third kappa shape index (κ3) is 3.50. The number of hydrogen-bond acceptors (Lipinski definition) is 4. The van der Waals surface area contributed by atoms with E-state index in [1.165, 1.54) is 6.07 Å². The fourth-order valence-corrected chi connectivity index (χ4v) is 7.86. The molecule has 3 N–H and O–H groups in total. The Hall–Kier alpha value is -3.46. The summed E-state index contributed by atoms with van der Waals surface area (Å²) in [6.45, 7) is 1.29. The van der Waals surface area contributed by atoms with Crippen LogP contribution in [0.3, 0.4) is 0 Å². The van der Waals surface area contributed by atoms with Crippen LogP contribution in [-0.4, -0.2) is 38.9 Å². The zero-order valence-electron chi connectivity index (χ0n) is 21.2. The first kappa shape index (κ1) is 26.4. The van der Waals surface area contributed by atoms with Crippen molar-refractivity contribution in [2.24, 2.45) is 11.7 Å². The second-order valence-corrected chi connectivity index (χ2v) is 12.2. The normalized spacial score (nSPS) is 26.1. The number of imidazole rings is 1. The molecule has 3 aliphatic heterocycles. The number of primary amides is 1. The molecule has 1 aliphatic carbocycles. The minimum absolute atomic E-state index is 0. The average molecular weight is 593 g/mol. The number of amides is 2. The van der Waals surface area contributed by atoms with E-state index in [-0.39, 0.29) is 30.3 Å². The first-order chi connectivity index (χ1) is 19.3. The molecule has 41 heavy (non-hydrogen) atoms. The predicted octanol–water partition coefficient (Wildman–Crippen LogP) is 6.04. The Morgan fingerprint density at radius 1 is 1.15 bits per heavy atom. The molecule has 2 fully saturated rings. The van der Waals surface area contributed by atoms with Crippen molar-refractivity contribution in [2.75, 3.05) is 11.9 Å². The van der Waals surface area contributed by atoms with Gasteiger partial charge in [-0.15, -0.1) is 0 Å². The summed E-state index contributed by atoms with van der Waals surface area (Å²) in [6, 6.07) is 15.6. The molecule has 8 rings (SSSR count). The molecule has 7 nitrogen and oxygen atoms in total. The maximum atomic E-state index is 16.1. The Bertz CT molecular complexity index is 1790. The molecule has 2 amide bonds. The molecule has 3 aromatic carbocycles. The van der Waals surface area contributed by atoms with Gasteiger partial charge in [-0.3, -0.25) is 14.5 Å². The molecule has 10 heteroatoms. The molecule has 4 atom stereocenters. The fourth-order valence-electron chi connectivity index (χ4n) is 7.51. The predicted molar refractivity (Wildman–Crippen MR) is 157 cm³/mol. The van der Waals surface area contributed by atoms with Gasteiger partial charge < -0.3 is 15.6 Å². The maximum absolute atomic E-state index is 16.1. The van der Waals surface area contributed by atoms with Gasteiger partial charge in [0.15, 0.2) is 0 Å². The van der Waals surface area contributed by atoms with E-state index in [4.69, 9.17) is 33.9 Å². The van der Waals surface area contributed by atoms with E-state index in [1.807, 2.05) is 12.1 Å². The summed E-state index contributed by atoms with van der Waals surface area (Å²) in [4.78, 5) is 33.6. The first-order valence-electron chi connectivity index (χ1n) is 13.4. The van der Waals surface area contributed by atoms with Gasteiger partial charge in [0.2, 0.25) is 11.8 Å². The lowest BCUT2D eigenvalue weighted by Crippen LogP contribution is -2.53. The van der Waals surface area contributed by atoms with Crippen molar-refractivity contribution in [1.82, 2.24) is 14.5 Å². The van der Waals surface area contributed by atoms with E-state index < -0.39 is 23.2 Å². The summed E-state index contributed by atoms with van der Waals surface area (Å²) in [5, 5.41) is 3.61. The van der Waals surface area contributed by atoms with Gasteiger partial charge in [-0.05, 0) is 60.7 Å². The molecule has 0 radical (unpaired) electrons. The number of nitrogens with two attached hydrogens (primary N) is 1. The van der Waals surface area contributed by atoms with E-state index in [0.717, 1.165) is 29.7 Å². The van der Waals surface area contributed by atoms with E-state index >= 15 is 4.39 Å². The van der Waals surface area contributed by atoms with Gasteiger partial charge in [0.1, 0.15) is 17.2 Å². The minimum Gasteiger partial charge on any atom is -0.366 e. The van der Waals surface area contributed by atoms with Crippen LogP contribution in [0.4, 0.5) is 10.1 Å². The number of carbonyl (C=O) groups excluding carboxylic acids is 2. The Balaban J connectivity index is 0.00000276. The van der Waals surface area contributed by atoms with Crippen molar-refractivity contribution in [3.8, 4) is 0 Å². The Morgan fingerprint density at radius 2 is 1.95 bits per heavy atom. The third-order valence-corrected chi connectivity index (χ3v) is 9.79. The van der Waals surface area contributed by atoms with Gasteiger partial charge in [-0.1, -0.05) is 48.8 Å². The van der Waals surface area contributed by atoms with Crippen molar-refractivity contribution >= 4 is 51.7 Å². The molecule has 1 aromatic heterocycles. The summed E-state index contributed by atoms with van der Waals surface area (Å²) in [6.07, 6.45) is 2.19. The number of hydrogen-bond donors (Lipinski definition) is 2. The van der Waals surface area contributed by atoms with Crippen LogP contribution in [0.1, 0.15) is 59.4 Å².